The molecular formula is C15H21N5O. The molecule has 0 spiro atoms. The van der Waals surface area contributed by atoms with Crippen molar-refractivity contribution in [1.29, 1.82) is 0 Å². The van der Waals surface area contributed by atoms with Crippen molar-refractivity contribution in [3.05, 3.63) is 30.1 Å². The van der Waals surface area contributed by atoms with Crippen LogP contribution in [0.1, 0.15) is 26.1 Å². The number of H-pyrrole nitrogens is 1. The van der Waals surface area contributed by atoms with Crippen LogP contribution in [-0.2, 0) is 4.79 Å². The van der Waals surface area contributed by atoms with Crippen LogP contribution in [0.3, 0.4) is 0 Å². The first-order valence-corrected chi connectivity index (χ1v) is 7.02. The summed E-state index contributed by atoms with van der Waals surface area (Å²) in [5.41, 5.74) is 7.35. The number of carbonyl (C=O) groups is 1. The minimum absolute atomic E-state index is 0.191. The molecule has 21 heavy (non-hydrogen) atoms. The molecule has 1 aromatic carbocycles. The van der Waals surface area contributed by atoms with Gasteiger partial charge in [0.25, 0.3) is 0 Å². The monoisotopic (exact) mass is 287 g/mol. The molecule has 0 saturated carbocycles. The van der Waals surface area contributed by atoms with Crippen LogP contribution in [0.25, 0.3) is 11.4 Å². The van der Waals surface area contributed by atoms with E-state index in [4.69, 9.17) is 5.73 Å². The molecule has 112 valence electrons. The van der Waals surface area contributed by atoms with Crippen LogP contribution >= 0.6 is 0 Å². The summed E-state index contributed by atoms with van der Waals surface area (Å²) in [7, 11) is 0. The number of aromatic amines is 1. The van der Waals surface area contributed by atoms with Gasteiger partial charge >= 0.3 is 0 Å². The molecule has 0 aliphatic carbocycles. The maximum atomic E-state index is 12.2. The number of rotatable bonds is 5. The Hall–Kier alpha value is -2.21. The number of hydrogen-bond donors (Lipinski definition) is 3. The Morgan fingerprint density at radius 3 is 2.71 bits per heavy atom. The highest BCUT2D eigenvalue weighted by Gasteiger charge is 2.17. The van der Waals surface area contributed by atoms with Crippen LogP contribution < -0.4 is 11.1 Å². The molecule has 0 radical (unpaired) electrons. The molecule has 0 saturated heterocycles. The second-order valence-electron chi connectivity index (χ2n) is 5.52. The molecule has 0 bridgehead atoms. The van der Waals surface area contributed by atoms with Crippen LogP contribution in [0.2, 0.25) is 0 Å². The lowest BCUT2D eigenvalue weighted by molar-refractivity contribution is -0.117. The van der Waals surface area contributed by atoms with E-state index in [9.17, 15) is 4.79 Å². The average Bonchev–Trinajstić information content (AvgIpc) is 2.85. The molecular weight excluding hydrogens is 266 g/mol. The predicted molar refractivity (Wildman–Crippen MR) is 82.6 cm³/mol. The zero-order valence-corrected chi connectivity index (χ0v) is 12.6. The van der Waals surface area contributed by atoms with Gasteiger partial charge in [-0.1, -0.05) is 26.0 Å². The van der Waals surface area contributed by atoms with Gasteiger partial charge in [0.1, 0.15) is 5.82 Å². The minimum Gasteiger partial charge on any atom is -0.324 e. The van der Waals surface area contributed by atoms with E-state index < -0.39 is 6.04 Å². The third-order valence-corrected chi connectivity index (χ3v) is 3.09. The molecule has 1 amide bonds. The fraction of sp³-hybridized carbons (Fsp3) is 0.400. The number of amides is 1. The normalized spacial score (nSPS) is 12.4. The van der Waals surface area contributed by atoms with E-state index in [1.165, 1.54) is 0 Å². The molecule has 1 heterocycles. The molecule has 0 fully saturated rings. The largest absolute Gasteiger partial charge is 0.324 e. The highest BCUT2D eigenvalue weighted by Crippen LogP contribution is 2.25. The maximum Gasteiger partial charge on any atom is 0.241 e. The second kappa shape index (κ2) is 6.49. The summed E-state index contributed by atoms with van der Waals surface area (Å²) in [6, 6.07) is 6.90. The van der Waals surface area contributed by atoms with E-state index in [-0.39, 0.29) is 5.91 Å². The van der Waals surface area contributed by atoms with E-state index >= 15 is 0 Å². The van der Waals surface area contributed by atoms with Crippen molar-refractivity contribution < 1.29 is 4.79 Å². The fourth-order valence-electron chi connectivity index (χ4n) is 2.09. The average molecular weight is 287 g/mol. The van der Waals surface area contributed by atoms with Gasteiger partial charge < -0.3 is 11.1 Å². The third kappa shape index (κ3) is 3.88. The summed E-state index contributed by atoms with van der Waals surface area (Å²) >= 11 is 0. The van der Waals surface area contributed by atoms with E-state index in [0.29, 0.717) is 23.9 Å². The van der Waals surface area contributed by atoms with Gasteiger partial charge in [-0.3, -0.25) is 9.89 Å². The molecule has 2 rings (SSSR count). The summed E-state index contributed by atoms with van der Waals surface area (Å²) in [4.78, 5) is 16.4. The first-order chi connectivity index (χ1) is 9.97. The Bertz CT molecular complexity index is 620. The maximum absolute atomic E-state index is 12.2. The van der Waals surface area contributed by atoms with Crippen LogP contribution in [0.15, 0.2) is 24.3 Å². The molecule has 1 atom stereocenters. The number of aryl methyl sites for hydroxylation is 1. The number of aromatic nitrogens is 3. The Balaban J connectivity index is 2.19. The van der Waals surface area contributed by atoms with Crippen LogP contribution in [-0.4, -0.2) is 27.1 Å². The van der Waals surface area contributed by atoms with Gasteiger partial charge in [0.2, 0.25) is 5.91 Å². The first kappa shape index (κ1) is 15.2. The highest BCUT2D eigenvalue weighted by atomic mass is 16.2. The number of nitrogens with two attached hydrogens (primary N) is 1. The molecule has 0 aliphatic rings. The van der Waals surface area contributed by atoms with Gasteiger partial charge in [0.05, 0.1) is 11.7 Å². The summed E-state index contributed by atoms with van der Waals surface area (Å²) in [5, 5.41) is 9.79. The summed E-state index contributed by atoms with van der Waals surface area (Å²) in [5.74, 6) is 1.46. The molecule has 4 N–H and O–H groups in total. The van der Waals surface area contributed by atoms with E-state index in [0.717, 1.165) is 11.4 Å². The quantitative estimate of drug-likeness (QED) is 0.784. The number of anilines is 1. The fourth-order valence-corrected chi connectivity index (χ4v) is 2.09. The Kier molecular flexibility index (Phi) is 4.70. The zero-order valence-electron chi connectivity index (χ0n) is 12.6. The van der Waals surface area contributed by atoms with Gasteiger partial charge in [-0.25, -0.2) is 4.98 Å². The summed E-state index contributed by atoms with van der Waals surface area (Å²) in [6.07, 6.45) is 0.647. The van der Waals surface area contributed by atoms with Gasteiger partial charge in [0.15, 0.2) is 5.82 Å². The smallest absolute Gasteiger partial charge is 0.241 e. The van der Waals surface area contributed by atoms with Crippen molar-refractivity contribution in [3.8, 4) is 11.4 Å². The van der Waals surface area contributed by atoms with Crippen molar-refractivity contribution in [2.45, 2.75) is 33.2 Å². The Morgan fingerprint density at radius 2 is 2.10 bits per heavy atom. The molecule has 6 nitrogen and oxygen atoms in total. The lowest BCUT2D eigenvalue weighted by Crippen LogP contribution is -2.36. The number of nitrogens with zero attached hydrogens (tertiary/aromatic N) is 2. The molecule has 0 unspecified atom stereocenters. The van der Waals surface area contributed by atoms with Crippen molar-refractivity contribution in [2.24, 2.45) is 11.7 Å². The van der Waals surface area contributed by atoms with Crippen molar-refractivity contribution in [2.75, 3.05) is 5.32 Å². The van der Waals surface area contributed by atoms with Crippen molar-refractivity contribution >= 4 is 11.6 Å². The highest BCUT2D eigenvalue weighted by molar-refractivity contribution is 5.97. The third-order valence-electron chi connectivity index (χ3n) is 3.09. The minimum atomic E-state index is -0.521. The van der Waals surface area contributed by atoms with E-state index in [2.05, 4.69) is 20.5 Å². The molecule has 0 aliphatic heterocycles. The zero-order chi connectivity index (χ0) is 15.4. The van der Waals surface area contributed by atoms with Crippen molar-refractivity contribution in [1.82, 2.24) is 15.2 Å². The second-order valence-corrected chi connectivity index (χ2v) is 5.52. The summed E-state index contributed by atoms with van der Waals surface area (Å²) in [6.45, 7) is 5.91. The van der Waals surface area contributed by atoms with E-state index in [1.807, 2.05) is 45.0 Å². The van der Waals surface area contributed by atoms with Gasteiger partial charge in [-0.15, -0.1) is 0 Å². The number of hydrogen-bond acceptors (Lipinski definition) is 4. The topological polar surface area (TPSA) is 96.7 Å². The van der Waals surface area contributed by atoms with Crippen molar-refractivity contribution in [3.63, 3.8) is 0 Å². The van der Waals surface area contributed by atoms with E-state index in [1.54, 1.807) is 0 Å². The van der Waals surface area contributed by atoms with Gasteiger partial charge in [-0.2, -0.15) is 5.10 Å². The lowest BCUT2D eigenvalue weighted by Gasteiger charge is -2.15. The van der Waals surface area contributed by atoms with Gasteiger partial charge in [0, 0.05) is 5.56 Å². The molecule has 6 heteroatoms. The molecule has 1 aromatic heterocycles. The standard InChI is InChI=1S/C15H21N5O/c1-9(2)8-12(16)15(21)18-13-7-5-4-6-11(13)14-17-10(3)19-20-14/h4-7,9,12H,8,16H2,1-3H3,(H,18,21)(H,17,19,20)/t12-/m0/s1. The SMILES string of the molecule is Cc1nc(-c2ccccc2NC(=O)[C@@H](N)CC(C)C)n[nH]1. The number of benzene rings is 1. The lowest BCUT2D eigenvalue weighted by atomic mass is 10.0. The predicted octanol–water partition coefficient (Wildman–Crippen LogP) is 2.09. The van der Waals surface area contributed by atoms with Gasteiger partial charge in [-0.05, 0) is 31.4 Å². The number of carbonyl (C=O) groups excluding carboxylic acids is 1. The number of nitrogens with one attached hydrogen (secondary N) is 2. The number of para-hydroxylation sites is 1. The Labute approximate surface area is 124 Å². The Morgan fingerprint density at radius 1 is 1.38 bits per heavy atom. The van der Waals surface area contributed by atoms with Crippen LogP contribution in [0.4, 0.5) is 5.69 Å². The first-order valence-electron chi connectivity index (χ1n) is 7.02. The molecule has 2 aromatic rings. The summed E-state index contributed by atoms with van der Waals surface area (Å²) < 4.78 is 0. The van der Waals surface area contributed by atoms with Crippen LogP contribution in [0, 0.1) is 12.8 Å². The van der Waals surface area contributed by atoms with Crippen LogP contribution in [0.5, 0.6) is 0 Å².